The number of hydrogen-bond acceptors (Lipinski definition) is 7. The number of nitrogens with one attached hydrogen (secondary N) is 1. The third kappa shape index (κ3) is 11.4. The Bertz CT molecular complexity index is 767. The van der Waals surface area contributed by atoms with Gasteiger partial charge in [-0.05, 0) is 62.1 Å². The maximum Gasteiger partial charge on any atom is 1.00 e. The standard InChI is InChI=1S/C22H36N2O6S.Na/c1-2-3-16-31(28,29)23-21(22(25)26)17-19-7-9-20(10-8-19)30-15-5-4-6-18-11-13-24(27)14-12-18;/h7-10,18,21,23,27H,2-6,11-17H2,1H3,(H,25,26);/q;+1/p-1/t21-;/m0./s1. The molecule has 2 rings (SSSR count). The number of unbranched alkanes of at least 4 members (excludes halogenated alkanes) is 2. The van der Waals surface area contributed by atoms with Gasteiger partial charge in [0.2, 0.25) is 10.0 Å². The van der Waals surface area contributed by atoms with Crippen molar-refractivity contribution < 1.29 is 57.8 Å². The van der Waals surface area contributed by atoms with Crippen LogP contribution >= 0.6 is 0 Å². The Morgan fingerprint density at radius 2 is 1.88 bits per heavy atom. The van der Waals surface area contributed by atoms with E-state index >= 15 is 0 Å². The zero-order valence-electron chi connectivity index (χ0n) is 19.3. The van der Waals surface area contributed by atoms with Crippen molar-refractivity contribution in [1.82, 2.24) is 9.79 Å². The van der Waals surface area contributed by atoms with Crippen LogP contribution < -0.4 is 44.1 Å². The maximum absolute atomic E-state index is 12.0. The normalized spacial score (nSPS) is 16.3. The van der Waals surface area contributed by atoms with E-state index in [9.17, 15) is 23.5 Å². The van der Waals surface area contributed by atoms with Gasteiger partial charge in [-0.2, -0.15) is 5.06 Å². The Balaban J connectivity index is 0.00000512. The average molecular weight is 479 g/mol. The Hall–Kier alpha value is -0.680. The average Bonchev–Trinajstić information content (AvgIpc) is 2.74. The molecule has 1 aliphatic rings. The first-order valence-corrected chi connectivity index (χ1v) is 12.8. The van der Waals surface area contributed by atoms with Crippen molar-refractivity contribution >= 4 is 16.0 Å². The molecular weight excluding hydrogens is 443 g/mol. The molecule has 1 heterocycles. The van der Waals surface area contributed by atoms with E-state index in [2.05, 4.69) is 4.72 Å². The van der Waals surface area contributed by atoms with Gasteiger partial charge in [-0.15, -0.1) is 0 Å². The number of aliphatic carboxylic acids is 1. The van der Waals surface area contributed by atoms with Crippen LogP contribution in [0.25, 0.3) is 0 Å². The van der Waals surface area contributed by atoms with Crippen LogP contribution in [-0.4, -0.2) is 56.1 Å². The van der Waals surface area contributed by atoms with E-state index in [0.29, 0.717) is 36.7 Å². The Labute approximate surface area is 214 Å². The predicted molar refractivity (Wildman–Crippen MR) is 116 cm³/mol. The molecule has 32 heavy (non-hydrogen) atoms. The second kappa shape index (κ2) is 15.3. The molecule has 10 heteroatoms. The van der Waals surface area contributed by atoms with Crippen LogP contribution in [0.15, 0.2) is 24.3 Å². The number of hydrogen-bond donors (Lipinski definition) is 2. The number of carboxylic acids is 1. The van der Waals surface area contributed by atoms with Gasteiger partial charge in [0.05, 0.1) is 24.4 Å². The molecule has 176 valence electrons. The summed E-state index contributed by atoms with van der Waals surface area (Å²) >= 11 is 0. The second-order valence-corrected chi connectivity index (χ2v) is 10.1. The summed E-state index contributed by atoms with van der Waals surface area (Å²) in [5, 5.41) is 22.2. The number of nitrogens with zero attached hydrogens (tertiary/aromatic N) is 1. The zero-order valence-corrected chi connectivity index (χ0v) is 22.1. The van der Waals surface area contributed by atoms with E-state index in [-0.39, 0.29) is 41.7 Å². The number of carbonyl (C=O) groups excluding carboxylic acids is 1. The molecule has 0 saturated carbocycles. The third-order valence-corrected chi connectivity index (χ3v) is 7.07. The van der Waals surface area contributed by atoms with E-state index < -0.39 is 22.0 Å². The smallest absolute Gasteiger partial charge is 0.548 e. The third-order valence-electron chi connectivity index (χ3n) is 5.60. The molecule has 0 aromatic heterocycles. The fraction of sp³-hybridized carbons (Fsp3) is 0.682. The topological polar surface area (TPSA) is 119 Å². The van der Waals surface area contributed by atoms with Crippen molar-refractivity contribution in [2.24, 2.45) is 5.92 Å². The molecule has 0 radical (unpaired) electrons. The number of ether oxygens (including phenoxy) is 1. The summed E-state index contributed by atoms with van der Waals surface area (Å²) in [6.07, 6.45) is 6.47. The Morgan fingerprint density at radius 3 is 2.47 bits per heavy atom. The van der Waals surface area contributed by atoms with Crippen LogP contribution in [0.5, 0.6) is 5.75 Å². The van der Waals surface area contributed by atoms with E-state index in [4.69, 9.17) is 4.74 Å². The van der Waals surface area contributed by atoms with Crippen LogP contribution in [0.4, 0.5) is 0 Å². The Kier molecular flexibility index (Phi) is 14.0. The minimum Gasteiger partial charge on any atom is -0.548 e. The second-order valence-electron chi connectivity index (χ2n) is 8.25. The van der Waals surface area contributed by atoms with Gasteiger partial charge in [0.1, 0.15) is 5.75 Å². The number of hydroxylamine groups is 2. The summed E-state index contributed by atoms with van der Waals surface area (Å²) in [4.78, 5) is 11.4. The minimum atomic E-state index is -3.66. The monoisotopic (exact) mass is 478 g/mol. The first-order valence-electron chi connectivity index (χ1n) is 11.2. The van der Waals surface area contributed by atoms with Gasteiger partial charge in [-0.25, -0.2) is 13.1 Å². The first-order chi connectivity index (χ1) is 14.8. The molecule has 2 N–H and O–H groups in total. The quantitative estimate of drug-likeness (QED) is 0.253. The van der Waals surface area contributed by atoms with Gasteiger partial charge >= 0.3 is 29.6 Å². The predicted octanol–water partition coefficient (Wildman–Crippen LogP) is -1.28. The molecule has 1 atom stereocenters. The largest absolute Gasteiger partial charge is 1.00 e. The summed E-state index contributed by atoms with van der Waals surface area (Å²) in [5.41, 5.74) is 0.690. The number of carbonyl (C=O) groups is 1. The van der Waals surface area contributed by atoms with Crippen molar-refractivity contribution in [3.05, 3.63) is 29.8 Å². The number of rotatable bonds is 14. The molecule has 0 unspecified atom stereocenters. The number of sulfonamides is 1. The first kappa shape index (κ1) is 29.4. The molecule has 1 aliphatic heterocycles. The molecule has 0 amide bonds. The molecule has 0 aliphatic carbocycles. The van der Waals surface area contributed by atoms with Gasteiger partial charge in [0, 0.05) is 13.1 Å². The van der Waals surface area contributed by atoms with Crippen LogP contribution in [0.2, 0.25) is 0 Å². The fourth-order valence-electron chi connectivity index (χ4n) is 3.67. The number of piperidine rings is 1. The molecule has 1 saturated heterocycles. The molecule has 1 fully saturated rings. The van der Waals surface area contributed by atoms with Gasteiger partial charge in [0.25, 0.3) is 0 Å². The SMILES string of the molecule is CCCCS(=O)(=O)N[C@@H](Cc1ccc(OCCCCC2CCN(O)CC2)cc1)C(=O)[O-].[Na+]. The summed E-state index contributed by atoms with van der Waals surface area (Å²) in [6.45, 7) is 3.99. The number of carboxylic acid groups (broad SMARTS) is 1. The van der Waals surface area contributed by atoms with Crippen molar-refractivity contribution in [1.29, 1.82) is 0 Å². The van der Waals surface area contributed by atoms with E-state index in [1.54, 1.807) is 24.3 Å². The van der Waals surface area contributed by atoms with Gasteiger partial charge < -0.3 is 19.8 Å². The molecule has 0 bridgehead atoms. The molecule has 1 aromatic carbocycles. The molecule has 8 nitrogen and oxygen atoms in total. The van der Waals surface area contributed by atoms with E-state index in [0.717, 1.165) is 45.2 Å². The van der Waals surface area contributed by atoms with Gasteiger partial charge in [0.15, 0.2) is 0 Å². The summed E-state index contributed by atoms with van der Waals surface area (Å²) in [5.74, 6) is -0.157. The minimum absolute atomic E-state index is 0. The van der Waals surface area contributed by atoms with Crippen LogP contribution in [0.1, 0.15) is 57.4 Å². The molecule has 1 aromatic rings. The fourth-order valence-corrected chi connectivity index (χ4v) is 5.07. The van der Waals surface area contributed by atoms with Crippen molar-refractivity contribution in [2.75, 3.05) is 25.4 Å². The maximum atomic E-state index is 12.0. The van der Waals surface area contributed by atoms with Gasteiger partial charge in [-0.3, -0.25) is 0 Å². The summed E-state index contributed by atoms with van der Waals surface area (Å²) in [7, 11) is -3.66. The number of benzene rings is 1. The van der Waals surface area contributed by atoms with Crippen molar-refractivity contribution in [3.63, 3.8) is 0 Å². The summed E-state index contributed by atoms with van der Waals surface area (Å²) in [6, 6.07) is 5.73. The van der Waals surface area contributed by atoms with Crippen molar-refractivity contribution in [3.8, 4) is 5.75 Å². The van der Waals surface area contributed by atoms with Crippen molar-refractivity contribution in [2.45, 2.75) is 64.3 Å². The van der Waals surface area contributed by atoms with E-state index in [1.807, 2.05) is 6.92 Å². The van der Waals surface area contributed by atoms with Crippen LogP contribution in [0.3, 0.4) is 0 Å². The Morgan fingerprint density at radius 1 is 1.22 bits per heavy atom. The van der Waals surface area contributed by atoms with Crippen LogP contribution in [-0.2, 0) is 21.2 Å². The summed E-state index contributed by atoms with van der Waals surface area (Å²) < 4.78 is 32.0. The van der Waals surface area contributed by atoms with E-state index in [1.165, 1.54) is 5.06 Å². The zero-order chi connectivity index (χ0) is 22.7. The molecule has 0 spiro atoms. The van der Waals surface area contributed by atoms with Crippen LogP contribution in [0, 0.1) is 5.92 Å². The molecular formula is C22H35N2NaO6S. The van der Waals surface area contributed by atoms with Gasteiger partial charge in [-0.1, -0.05) is 31.9 Å².